The highest BCUT2D eigenvalue weighted by atomic mass is 35.5. The normalized spacial score (nSPS) is 10.7. The van der Waals surface area contributed by atoms with E-state index in [0.717, 1.165) is 21.9 Å². The van der Waals surface area contributed by atoms with Crippen LogP contribution in [0.3, 0.4) is 0 Å². The number of aromatic carboxylic acids is 1. The SMILES string of the molecule is O=C(O)c1ccc(-c2ccc(Cl)c3ccccc23)cc1. The van der Waals surface area contributed by atoms with Crippen molar-refractivity contribution in [3.05, 3.63) is 71.2 Å². The highest BCUT2D eigenvalue weighted by Gasteiger charge is 2.07. The van der Waals surface area contributed by atoms with Gasteiger partial charge < -0.3 is 5.11 Å². The fourth-order valence-electron chi connectivity index (χ4n) is 2.31. The zero-order chi connectivity index (χ0) is 14.1. The Hall–Kier alpha value is -2.32. The second-order valence-corrected chi connectivity index (χ2v) is 4.93. The number of fused-ring (bicyclic) bond motifs is 1. The molecule has 0 bridgehead atoms. The second-order valence-electron chi connectivity index (χ2n) is 4.52. The Kier molecular flexibility index (Phi) is 3.17. The lowest BCUT2D eigenvalue weighted by atomic mass is 9.97. The molecule has 0 aliphatic rings. The molecule has 0 aromatic heterocycles. The summed E-state index contributed by atoms with van der Waals surface area (Å²) < 4.78 is 0. The van der Waals surface area contributed by atoms with Crippen molar-refractivity contribution in [2.75, 3.05) is 0 Å². The third-order valence-corrected chi connectivity index (χ3v) is 3.64. The number of carbonyl (C=O) groups is 1. The molecule has 0 atom stereocenters. The predicted molar refractivity (Wildman–Crippen MR) is 81.4 cm³/mol. The molecular weight excluding hydrogens is 272 g/mol. The van der Waals surface area contributed by atoms with E-state index in [2.05, 4.69) is 0 Å². The first-order chi connectivity index (χ1) is 9.66. The van der Waals surface area contributed by atoms with Gasteiger partial charge in [0.25, 0.3) is 0 Å². The van der Waals surface area contributed by atoms with Crippen LogP contribution in [0.5, 0.6) is 0 Å². The molecule has 1 N–H and O–H groups in total. The Morgan fingerprint density at radius 3 is 2.15 bits per heavy atom. The Labute approximate surface area is 121 Å². The molecule has 3 aromatic rings. The molecule has 20 heavy (non-hydrogen) atoms. The summed E-state index contributed by atoms with van der Waals surface area (Å²) in [4.78, 5) is 10.9. The fraction of sp³-hybridized carbons (Fsp3) is 0. The maximum Gasteiger partial charge on any atom is 0.335 e. The molecule has 3 aromatic carbocycles. The van der Waals surface area contributed by atoms with Crippen LogP contribution in [-0.2, 0) is 0 Å². The van der Waals surface area contributed by atoms with E-state index in [9.17, 15) is 4.79 Å². The van der Waals surface area contributed by atoms with Crippen molar-refractivity contribution in [3.8, 4) is 11.1 Å². The van der Waals surface area contributed by atoms with Gasteiger partial charge in [0.15, 0.2) is 0 Å². The molecule has 2 nitrogen and oxygen atoms in total. The molecule has 0 spiro atoms. The number of carboxylic acids is 1. The lowest BCUT2D eigenvalue weighted by Gasteiger charge is -2.08. The molecule has 0 fully saturated rings. The van der Waals surface area contributed by atoms with E-state index >= 15 is 0 Å². The molecule has 3 heteroatoms. The van der Waals surface area contributed by atoms with Crippen LogP contribution in [0.4, 0.5) is 0 Å². The minimum absolute atomic E-state index is 0.284. The van der Waals surface area contributed by atoms with Gasteiger partial charge in [0.1, 0.15) is 0 Å². The summed E-state index contributed by atoms with van der Waals surface area (Å²) in [6, 6.07) is 18.6. The summed E-state index contributed by atoms with van der Waals surface area (Å²) in [5, 5.41) is 11.7. The van der Waals surface area contributed by atoms with E-state index in [1.807, 2.05) is 48.5 Å². The quantitative estimate of drug-likeness (QED) is 0.729. The van der Waals surface area contributed by atoms with Crippen molar-refractivity contribution in [2.45, 2.75) is 0 Å². The summed E-state index contributed by atoms with van der Waals surface area (Å²) in [6.07, 6.45) is 0. The molecule has 0 unspecified atom stereocenters. The largest absolute Gasteiger partial charge is 0.478 e. The van der Waals surface area contributed by atoms with Gasteiger partial charge in [-0.25, -0.2) is 4.79 Å². The van der Waals surface area contributed by atoms with Gasteiger partial charge >= 0.3 is 5.97 Å². The zero-order valence-electron chi connectivity index (χ0n) is 10.5. The Balaban J connectivity index is 2.19. The summed E-state index contributed by atoms with van der Waals surface area (Å²) in [5.41, 5.74) is 2.30. The van der Waals surface area contributed by atoms with Gasteiger partial charge in [0.05, 0.1) is 5.56 Å². The predicted octanol–water partition coefficient (Wildman–Crippen LogP) is 4.86. The smallest absolute Gasteiger partial charge is 0.335 e. The number of hydrogen-bond acceptors (Lipinski definition) is 1. The van der Waals surface area contributed by atoms with Gasteiger partial charge in [0.2, 0.25) is 0 Å². The molecule has 0 saturated heterocycles. The highest BCUT2D eigenvalue weighted by Crippen LogP contribution is 2.32. The highest BCUT2D eigenvalue weighted by molar-refractivity contribution is 6.36. The summed E-state index contributed by atoms with van der Waals surface area (Å²) in [6.45, 7) is 0. The lowest BCUT2D eigenvalue weighted by Crippen LogP contribution is -1.95. The third-order valence-electron chi connectivity index (χ3n) is 3.31. The number of hydrogen-bond donors (Lipinski definition) is 1. The Morgan fingerprint density at radius 1 is 0.850 bits per heavy atom. The molecule has 98 valence electrons. The number of carboxylic acid groups (broad SMARTS) is 1. The number of benzene rings is 3. The van der Waals surface area contributed by atoms with Crippen LogP contribution in [0.15, 0.2) is 60.7 Å². The molecule has 0 aliphatic heterocycles. The molecule has 3 rings (SSSR count). The molecule has 0 amide bonds. The second kappa shape index (κ2) is 4.99. The average Bonchev–Trinajstić information content (AvgIpc) is 2.48. The van der Waals surface area contributed by atoms with Gasteiger partial charge in [-0.05, 0) is 34.7 Å². The van der Waals surface area contributed by atoms with E-state index in [1.54, 1.807) is 12.1 Å². The van der Waals surface area contributed by atoms with Gasteiger partial charge in [-0.3, -0.25) is 0 Å². The summed E-state index contributed by atoms with van der Waals surface area (Å²) >= 11 is 6.21. The van der Waals surface area contributed by atoms with Crippen LogP contribution < -0.4 is 0 Å². The maximum atomic E-state index is 10.9. The van der Waals surface area contributed by atoms with Crippen molar-refractivity contribution in [1.29, 1.82) is 0 Å². The zero-order valence-corrected chi connectivity index (χ0v) is 11.3. The van der Waals surface area contributed by atoms with E-state index in [0.29, 0.717) is 5.02 Å². The van der Waals surface area contributed by atoms with Gasteiger partial charge in [-0.1, -0.05) is 54.1 Å². The standard InChI is InChI=1S/C17H11ClO2/c18-16-10-9-13(14-3-1-2-4-15(14)16)11-5-7-12(8-6-11)17(19)20/h1-10H,(H,19,20). The summed E-state index contributed by atoms with van der Waals surface area (Å²) in [7, 11) is 0. The van der Waals surface area contributed by atoms with Crippen LogP contribution in [0.1, 0.15) is 10.4 Å². The fourth-order valence-corrected chi connectivity index (χ4v) is 2.53. The number of rotatable bonds is 2. The van der Waals surface area contributed by atoms with E-state index in [4.69, 9.17) is 16.7 Å². The average molecular weight is 283 g/mol. The first-order valence-electron chi connectivity index (χ1n) is 6.18. The van der Waals surface area contributed by atoms with Crippen LogP contribution in [0, 0.1) is 0 Å². The molecule has 0 aliphatic carbocycles. The Morgan fingerprint density at radius 2 is 1.50 bits per heavy atom. The van der Waals surface area contributed by atoms with Crippen molar-refractivity contribution < 1.29 is 9.90 Å². The van der Waals surface area contributed by atoms with Crippen LogP contribution >= 0.6 is 11.6 Å². The topological polar surface area (TPSA) is 37.3 Å². The Bertz CT molecular complexity index is 792. The number of halogens is 1. The first-order valence-corrected chi connectivity index (χ1v) is 6.55. The van der Waals surface area contributed by atoms with Crippen LogP contribution in [-0.4, -0.2) is 11.1 Å². The molecular formula is C17H11ClO2. The first kappa shape index (κ1) is 12.7. The van der Waals surface area contributed by atoms with Gasteiger partial charge in [0, 0.05) is 10.4 Å². The summed E-state index contributed by atoms with van der Waals surface area (Å²) in [5.74, 6) is -0.919. The van der Waals surface area contributed by atoms with Crippen LogP contribution in [0.2, 0.25) is 5.02 Å². The van der Waals surface area contributed by atoms with E-state index < -0.39 is 5.97 Å². The maximum absolute atomic E-state index is 10.9. The van der Waals surface area contributed by atoms with Gasteiger partial charge in [-0.2, -0.15) is 0 Å². The van der Waals surface area contributed by atoms with Crippen LogP contribution in [0.25, 0.3) is 21.9 Å². The van der Waals surface area contributed by atoms with Crippen molar-refractivity contribution in [1.82, 2.24) is 0 Å². The van der Waals surface area contributed by atoms with Crippen molar-refractivity contribution >= 4 is 28.3 Å². The lowest BCUT2D eigenvalue weighted by molar-refractivity contribution is 0.0697. The minimum Gasteiger partial charge on any atom is -0.478 e. The van der Waals surface area contributed by atoms with Crippen molar-refractivity contribution in [2.24, 2.45) is 0 Å². The minimum atomic E-state index is -0.919. The monoisotopic (exact) mass is 282 g/mol. The molecule has 0 saturated carbocycles. The van der Waals surface area contributed by atoms with E-state index in [-0.39, 0.29) is 5.56 Å². The third kappa shape index (κ3) is 2.15. The van der Waals surface area contributed by atoms with Gasteiger partial charge in [-0.15, -0.1) is 0 Å². The molecule has 0 radical (unpaired) electrons. The molecule has 0 heterocycles. The van der Waals surface area contributed by atoms with E-state index in [1.165, 1.54) is 0 Å². The van der Waals surface area contributed by atoms with Crippen molar-refractivity contribution in [3.63, 3.8) is 0 Å².